The Labute approximate surface area is 152 Å². The van der Waals surface area contributed by atoms with Crippen LogP contribution >= 0.6 is 0 Å². The number of aliphatic imine (C=N–C) groups is 1. The molecular weight excluding hydrogens is 355 g/mol. The molecule has 2 heterocycles. The van der Waals surface area contributed by atoms with Crippen LogP contribution in [-0.4, -0.2) is 25.0 Å². The first kappa shape index (κ1) is 18.3. The summed E-state index contributed by atoms with van der Waals surface area (Å²) in [6, 6.07) is 7.44. The van der Waals surface area contributed by atoms with Crippen LogP contribution in [0.25, 0.3) is 0 Å². The summed E-state index contributed by atoms with van der Waals surface area (Å²) in [5, 5.41) is 0. The number of amidine groups is 1. The first-order chi connectivity index (χ1) is 12.0. The Hall–Kier alpha value is -2.48. The third-order valence-electron chi connectivity index (χ3n) is 4.92. The number of hydrogen-bond acceptors (Lipinski definition) is 6. The zero-order valence-electron chi connectivity index (χ0n) is 14.8. The molecule has 0 bridgehead atoms. The van der Waals surface area contributed by atoms with E-state index < -0.39 is 31.7 Å². The van der Waals surface area contributed by atoms with Crippen molar-refractivity contribution in [3.05, 3.63) is 59.2 Å². The van der Waals surface area contributed by atoms with Crippen LogP contribution in [0.15, 0.2) is 41.5 Å². The second-order valence-electron chi connectivity index (χ2n) is 7.02. The van der Waals surface area contributed by atoms with Gasteiger partial charge in [0.25, 0.3) is 0 Å². The van der Waals surface area contributed by atoms with Gasteiger partial charge >= 0.3 is 0 Å². The van der Waals surface area contributed by atoms with E-state index in [1.54, 1.807) is 19.1 Å². The lowest BCUT2D eigenvalue weighted by Crippen LogP contribution is -2.55. The molecule has 0 saturated carbocycles. The normalized spacial score (nSPS) is 27.8. The van der Waals surface area contributed by atoms with Crippen LogP contribution < -0.4 is 11.5 Å². The number of halogens is 1. The standard InChI is InChI=1S/C18H21FN4O2S/c1-11-6-7-22-15(8-11)18(3)16(21)23-17(2,10-26(18,24)25)13-9-12(20)4-5-14(13)19/h4-9H,10,20H2,1-3H3,(H2,21,23)/t17-,18+/m0/s1. The molecule has 1 aliphatic rings. The molecule has 138 valence electrons. The molecule has 1 aromatic carbocycles. The Morgan fingerprint density at radius 2 is 1.85 bits per heavy atom. The van der Waals surface area contributed by atoms with Crippen LogP contribution in [0, 0.1) is 12.7 Å². The lowest BCUT2D eigenvalue weighted by Gasteiger charge is -2.39. The number of hydrogen-bond donors (Lipinski definition) is 2. The predicted molar refractivity (Wildman–Crippen MR) is 99.9 cm³/mol. The summed E-state index contributed by atoms with van der Waals surface area (Å²) in [6.07, 6.45) is 1.53. The van der Waals surface area contributed by atoms with Crippen LogP contribution in [0.5, 0.6) is 0 Å². The third kappa shape index (κ3) is 2.65. The van der Waals surface area contributed by atoms with Gasteiger partial charge in [-0.05, 0) is 56.7 Å². The van der Waals surface area contributed by atoms with Crippen molar-refractivity contribution in [3.63, 3.8) is 0 Å². The highest BCUT2D eigenvalue weighted by Gasteiger charge is 2.54. The van der Waals surface area contributed by atoms with Gasteiger partial charge in [-0.1, -0.05) is 0 Å². The van der Waals surface area contributed by atoms with E-state index in [0.717, 1.165) is 5.56 Å². The highest BCUT2D eigenvalue weighted by atomic mass is 32.2. The number of sulfone groups is 1. The molecule has 26 heavy (non-hydrogen) atoms. The molecule has 3 rings (SSSR count). The average Bonchev–Trinajstić information content (AvgIpc) is 2.54. The molecule has 1 aromatic heterocycles. The first-order valence-corrected chi connectivity index (χ1v) is 9.71. The Bertz CT molecular complexity index is 1020. The molecule has 8 heteroatoms. The van der Waals surface area contributed by atoms with E-state index in [0.29, 0.717) is 11.4 Å². The summed E-state index contributed by atoms with van der Waals surface area (Å²) >= 11 is 0. The van der Waals surface area contributed by atoms with Gasteiger partial charge < -0.3 is 11.5 Å². The van der Waals surface area contributed by atoms with Gasteiger partial charge in [-0.15, -0.1) is 0 Å². The molecule has 6 nitrogen and oxygen atoms in total. The van der Waals surface area contributed by atoms with E-state index in [9.17, 15) is 12.8 Å². The molecule has 0 amide bonds. The van der Waals surface area contributed by atoms with E-state index in [1.807, 2.05) is 6.92 Å². The van der Waals surface area contributed by atoms with Crippen molar-refractivity contribution < 1.29 is 12.8 Å². The van der Waals surface area contributed by atoms with Crippen LogP contribution in [0.2, 0.25) is 0 Å². The maximum atomic E-state index is 14.4. The molecule has 4 N–H and O–H groups in total. The second-order valence-corrected chi connectivity index (χ2v) is 9.36. The lowest BCUT2D eigenvalue weighted by molar-refractivity contribution is 0.472. The molecule has 0 unspecified atom stereocenters. The van der Waals surface area contributed by atoms with Gasteiger partial charge in [0.15, 0.2) is 14.6 Å². The van der Waals surface area contributed by atoms with Crippen molar-refractivity contribution in [2.75, 3.05) is 11.5 Å². The molecule has 0 fully saturated rings. The van der Waals surface area contributed by atoms with E-state index in [2.05, 4.69) is 9.98 Å². The van der Waals surface area contributed by atoms with Gasteiger partial charge in [-0.25, -0.2) is 12.8 Å². The molecule has 1 aliphatic heterocycles. The average molecular weight is 376 g/mol. The second kappa shape index (κ2) is 5.77. The smallest absolute Gasteiger partial charge is 0.171 e. The van der Waals surface area contributed by atoms with Crippen LogP contribution in [-0.2, 0) is 20.1 Å². The van der Waals surface area contributed by atoms with Gasteiger partial charge in [0.2, 0.25) is 0 Å². The number of nitrogens with zero attached hydrogens (tertiary/aromatic N) is 2. The number of nitrogen functional groups attached to an aromatic ring is 1. The number of aromatic nitrogens is 1. The Morgan fingerprint density at radius 1 is 1.15 bits per heavy atom. The van der Waals surface area contributed by atoms with Crippen molar-refractivity contribution >= 4 is 21.4 Å². The van der Waals surface area contributed by atoms with E-state index in [1.165, 1.54) is 31.3 Å². The van der Waals surface area contributed by atoms with E-state index in [4.69, 9.17) is 11.5 Å². The fraction of sp³-hybridized carbons (Fsp3) is 0.333. The number of nitrogens with two attached hydrogens (primary N) is 2. The molecular formula is C18H21FN4O2S. The number of rotatable bonds is 2. The number of benzene rings is 1. The minimum absolute atomic E-state index is 0.100. The van der Waals surface area contributed by atoms with Gasteiger partial charge in [-0.2, -0.15) is 0 Å². The van der Waals surface area contributed by atoms with E-state index in [-0.39, 0.29) is 11.4 Å². The zero-order valence-corrected chi connectivity index (χ0v) is 15.6. The summed E-state index contributed by atoms with van der Waals surface area (Å²) in [5.41, 5.74) is 12.1. The maximum Gasteiger partial charge on any atom is 0.171 e. The Kier molecular flexibility index (Phi) is 4.06. The summed E-state index contributed by atoms with van der Waals surface area (Å²) in [5.74, 6) is -1.11. The molecule has 0 saturated heterocycles. The van der Waals surface area contributed by atoms with Crippen molar-refractivity contribution in [3.8, 4) is 0 Å². The summed E-state index contributed by atoms with van der Waals surface area (Å²) < 4.78 is 39.3. The van der Waals surface area contributed by atoms with Crippen LogP contribution in [0.1, 0.15) is 30.7 Å². The fourth-order valence-electron chi connectivity index (χ4n) is 3.26. The predicted octanol–water partition coefficient (Wildman–Crippen LogP) is 2.03. The molecule has 0 radical (unpaired) electrons. The van der Waals surface area contributed by atoms with Crippen molar-refractivity contribution in [2.45, 2.75) is 31.1 Å². The van der Waals surface area contributed by atoms with Crippen LogP contribution in [0.4, 0.5) is 10.1 Å². The minimum Gasteiger partial charge on any atom is -0.399 e. The van der Waals surface area contributed by atoms with Gasteiger partial charge in [-0.3, -0.25) is 9.98 Å². The first-order valence-electron chi connectivity index (χ1n) is 8.06. The topological polar surface area (TPSA) is 111 Å². The SMILES string of the molecule is Cc1ccnc([C@]2(C)C(N)=N[C@](C)(c3cc(N)ccc3F)CS2(=O)=O)c1. The lowest BCUT2D eigenvalue weighted by atomic mass is 9.92. The number of aryl methyl sites for hydroxylation is 1. The minimum atomic E-state index is -3.85. The molecule has 0 spiro atoms. The zero-order chi connectivity index (χ0) is 19.3. The quantitative estimate of drug-likeness (QED) is 0.779. The van der Waals surface area contributed by atoms with Crippen molar-refractivity contribution in [1.82, 2.24) is 4.98 Å². The molecule has 0 aliphatic carbocycles. The fourth-order valence-corrected chi connectivity index (χ4v) is 5.30. The number of pyridine rings is 1. The maximum absolute atomic E-state index is 14.4. The summed E-state index contributed by atoms with van der Waals surface area (Å²) in [7, 11) is -3.85. The molecule has 2 atom stereocenters. The monoisotopic (exact) mass is 376 g/mol. The van der Waals surface area contributed by atoms with Gasteiger partial charge in [0.05, 0.1) is 11.4 Å². The number of anilines is 1. The highest BCUT2D eigenvalue weighted by molar-refractivity contribution is 7.93. The van der Waals surface area contributed by atoms with Crippen molar-refractivity contribution in [2.24, 2.45) is 10.7 Å². The molecule has 2 aromatic rings. The van der Waals surface area contributed by atoms with Crippen LogP contribution in [0.3, 0.4) is 0 Å². The summed E-state index contributed by atoms with van der Waals surface area (Å²) in [4.78, 5) is 8.62. The summed E-state index contributed by atoms with van der Waals surface area (Å²) in [6.45, 7) is 4.86. The van der Waals surface area contributed by atoms with Crippen molar-refractivity contribution in [1.29, 1.82) is 0 Å². The Balaban J connectivity index is 2.23. The highest BCUT2D eigenvalue weighted by Crippen LogP contribution is 2.42. The largest absolute Gasteiger partial charge is 0.399 e. The van der Waals surface area contributed by atoms with Gasteiger partial charge in [0, 0.05) is 17.4 Å². The Morgan fingerprint density at radius 3 is 2.46 bits per heavy atom. The van der Waals surface area contributed by atoms with Gasteiger partial charge in [0.1, 0.15) is 17.2 Å². The third-order valence-corrected chi connectivity index (χ3v) is 7.53. The van der Waals surface area contributed by atoms with E-state index >= 15 is 0 Å².